The Morgan fingerprint density at radius 1 is 1.29 bits per heavy atom. The Morgan fingerprint density at radius 3 is 2.57 bits per heavy atom. The van der Waals surface area contributed by atoms with Crippen molar-refractivity contribution in [2.75, 3.05) is 20.2 Å². The van der Waals surface area contributed by atoms with Gasteiger partial charge in [-0.15, -0.1) is 0 Å². The Labute approximate surface area is 166 Å². The maximum Gasteiger partial charge on any atom is 0.258 e. The Bertz CT molecular complexity index is 771. The number of nitrogens with one attached hydrogen (secondary N) is 3. The van der Waals surface area contributed by atoms with E-state index >= 15 is 0 Å². The van der Waals surface area contributed by atoms with Gasteiger partial charge < -0.3 is 20.7 Å². The van der Waals surface area contributed by atoms with Crippen molar-refractivity contribution < 1.29 is 18.7 Å². The number of hydrogen-bond donors (Lipinski definition) is 3. The van der Waals surface area contributed by atoms with Gasteiger partial charge in [0.2, 0.25) is 5.91 Å². The molecular weight excluding hydrogens is 391 g/mol. The Kier molecular flexibility index (Phi) is 5.85. The predicted octanol–water partition coefficient (Wildman–Crippen LogP) is 1.51. The van der Waals surface area contributed by atoms with E-state index in [0.29, 0.717) is 25.7 Å². The minimum atomic E-state index is -0.611. The fraction of sp³-hybridized carbons (Fsp3) is 0.556. The summed E-state index contributed by atoms with van der Waals surface area (Å²) in [4.78, 5) is 34.6. The number of rotatable bonds is 10. The lowest BCUT2D eigenvalue weighted by Crippen LogP contribution is -2.84. The molecule has 1 atom stereocenters. The van der Waals surface area contributed by atoms with E-state index in [2.05, 4.69) is 21.1 Å². The van der Waals surface area contributed by atoms with E-state index in [-0.39, 0.29) is 46.8 Å². The Balaban J connectivity index is 1.41. The third-order valence-electron chi connectivity index (χ3n) is 5.26. The van der Waals surface area contributed by atoms with Gasteiger partial charge in [0.1, 0.15) is 11.6 Å². The van der Waals surface area contributed by atoms with Crippen LogP contribution in [-0.4, -0.2) is 49.1 Å². The van der Waals surface area contributed by atoms with E-state index in [1.54, 1.807) is 7.05 Å². The van der Waals surface area contributed by atoms with Crippen molar-refractivity contribution in [2.45, 2.75) is 42.8 Å². The molecule has 0 saturated heterocycles. The lowest BCUT2D eigenvalue weighted by Gasteiger charge is -2.70. The van der Waals surface area contributed by atoms with Crippen LogP contribution < -0.4 is 20.7 Å². The molecule has 1 unspecified atom stereocenters. The molecule has 2 amide bonds. The maximum atomic E-state index is 13.4. The second kappa shape index (κ2) is 8.00. The van der Waals surface area contributed by atoms with E-state index in [4.69, 9.17) is 16.3 Å². The standard InChI is InChI=1S/C18H22ClFN4O4/c1-21-14(4-5-22-27)16(26)24-18-8-17(9-18,10-18)23-15(25)7-28-11-2-3-12(19)13(20)6-11/h2-3,6,14,21H,4-5,7-10H2,1H3,(H,23,25)(H,24,26). The molecule has 3 aliphatic rings. The average molecular weight is 413 g/mol. The summed E-state index contributed by atoms with van der Waals surface area (Å²) < 4.78 is 18.7. The summed E-state index contributed by atoms with van der Waals surface area (Å²) in [6.45, 7) is -0.161. The summed E-state index contributed by atoms with van der Waals surface area (Å²) in [7, 11) is 1.66. The first-order valence-electron chi connectivity index (χ1n) is 8.98. The van der Waals surface area contributed by atoms with Crippen LogP contribution in [0.1, 0.15) is 25.7 Å². The molecule has 152 valence electrons. The minimum absolute atomic E-state index is 0.0130. The van der Waals surface area contributed by atoms with Gasteiger partial charge in [-0.25, -0.2) is 4.39 Å². The van der Waals surface area contributed by atoms with Gasteiger partial charge in [-0.2, -0.15) is 4.91 Å². The van der Waals surface area contributed by atoms with Gasteiger partial charge in [0.05, 0.1) is 17.6 Å². The Hall–Kier alpha value is -2.26. The first-order chi connectivity index (χ1) is 13.3. The molecule has 1 aromatic carbocycles. The van der Waals surface area contributed by atoms with Crippen LogP contribution in [-0.2, 0) is 9.59 Å². The van der Waals surface area contributed by atoms with E-state index in [1.807, 2.05) is 0 Å². The molecule has 0 radical (unpaired) electrons. The van der Waals surface area contributed by atoms with Gasteiger partial charge in [-0.1, -0.05) is 16.8 Å². The van der Waals surface area contributed by atoms with Crippen molar-refractivity contribution in [1.29, 1.82) is 0 Å². The van der Waals surface area contributed by atoms with Crippen LogP contribution in [0.3, 0.4) is 0 Å². The topological polar surface area (TPSA) is 109 Å². The van der Waals surface area contributed by atoms with Crippen LogP contribution >= 0.6 is 11.6 Å². The minimum Gasteiger partial charge on any atom is -0.484 e. The highest BCUT2D eigenvalue weighted by atomic mass is 35.5. The normalized spacial score (nSPS) is 25.7. The zero-order valence-electron chi connectivity index (χ0n) is 15.4. The smallest absolute Gasteiger partial charge is 0.258 e. The van der Waals surface area contributed by atoms with Crippen molar-refractivity contribution in [3.8, 4) is 5.75 Å². The molecule has 0 spiro atoms. The molecule has 3 fully saturated rings. The molecule has 0 aromatic heterocycles. The highest BCUT2D eigenvalue weighted by molar-refractivity contribution is 6.30. The van der Waals surface area contributed by atoms with Crippen LogP contribution in [0.15, 0.2) is 23.4 Å². The van der Waals surface area contributed by atoms with Crippen molar-refractivity contribution in [3.05, 3.63) is 33.9 Å². The molecule has 0 aliphatic heterocycles. The summed E-state index contributed by atoms with van der Waals surface area (Å²) in [5.74, 6) is -0.860. The summed E-state index contributed by atoms with van der Waals surface area (Å²) in [5, 5.41) is 11.6. The quantitative estimate of drug-likeness (QED) is 0.505. The van der Waals surface area contributed by atoms with E-state index in [1.165, 1.54) is 12.1 Å². The molecule has 1 aromatic rings. The molecule has 28 heavy (non-hydrogen) atoms. The van der Waals surface area contributed by atoms with Gasteiger partial charge in [0.15, 0.2) is 6.61 Å². The van der Waals surface area contributed by atoms with Crippen LogP contribution in [0.4, 0.5) is 4.39 Å². The lowest BCUT2D eigenvalue weighted by atomic mass is 9.44. The molecule has 8 nitrogen and oxygen atoms in total. The van der Waals surface area contributed by atoms with Crippen molar-refractivity contribution in [3.63, 3.8) is 0 Å². The molecule has 10 heteroatoms. The summed E-state index contributed by atoms with van der Waals surface area (Å²) in [5.41, 5.74) is -0.618. The highest BCUT2D eigenvalue weighted by Crippen LogP contribution is 2.60. The molecule has 3 saturated carbocycles. The van der Waals surface area contributed by atoms with Gasteiger partial charge in [-0.3, -0.25) is 9.59 Å². The molecular formula is C18H22ClFN4O4. The second-order valence-corrected chi connectivity index (χ2v) is 7.88. The van der Waals surface area contributed by atoms with Crippen molar-refractivity contribution in [1.82, 2.24) is 16.0 Å². The van der Waals surface area contributed by atoms with Crippen molar-refractivity contribution >= 4 is 23.4 Å². The first kappa shape index (κ1) is 20.5. The van der Waals surface area contributed by atoms with Crippen LogP contribution in [0.5, 0.6) is 5.75 Å². The van der Waals surface area contributed by atoms with Gasteiger partial charge in [-0.05, 0) is 44.9 Å². The van der Waals surface area contributed by atoms with Crippen LogP contribution in [0.25, 0.3) is 0 Å². The number of carbonyl (C=O) groups is 2. The number of amides is 2. The predicted molar refractivity (Wildman–Crippen MR) is 101 cm³/mol. The number of likely N-dealkylation sites (N-methyl/N-ethyl adjacent to an activating group) is 1. The molecule has 3 N–H and O–H groups in total. The number of halogens is 2. The molecule has 2 bridgehead atoms. The third-order valence-corrected chi connectivity index (χ3v) is 5.56. The van der Waals surface area contributed by atoms with E-state index in [9.17, 15) is 18.9 Å². The van der Waals surface area contributed by atoms with Gasteiger partial charge in [0.25, 0.3) is 5.91 Å². The largest absolute Gasteiger partial charge is 0.484 e. The Morgan fingerprint density at radius 2 is 1.96 bits per heavy atom. The zero-order chi connectivity index (χ0) is 20.4. The summed E-state index contributed by atoms with van der Waals surface area (Å²) in [6, 6.07) is 3.51. The highest BCUT2D eigenvalue weighted by Gasteiger charge is 2.69. The number of benzene rings is 1. The number of nitrogens with zero attached hydrogens (tertiary/aromatic N) is 1. The number of hydrogen-bond acceptors (Lipinski definition) is 6. The van der Waals surface area contributed by atoms with Crippen molar-refractivity contribution in [2.24, 2.45) is 5.18 Å². The summed E-state index contributed by atoms with van der Waals surface area (Å²) in [6.07, 6.45) is 2.28. The monoisotopic (exact) mass is 412 g/mol. The SMILES string of the molecule is CNC(CCN=O)C(=O)NC12CC(NC(=O)COc3ccc(Cl)c(F)c3)(C1)C2. The van der Waals surface area contributed by atoms with Crippen LogP contribution in [0.2, 0.25) is 5.02 Å². The second-order valence-electron chi connectivity index (χ2n) is 7.48. The number of ether oxygens (including phenoxy) is 1. The first-order valence-corrected chi connectivity index (χ1v) is 9.35. The molecule has 0 heterocycles. The van der Waals surface area contributed by atoms with E-state index < -0.39 is 11.9 Å². The number of nitroso groups, excluding NO2 is 1. The lowest BCUT2D eigenvalue weighted by molar-refractivity contribution is -0.151. The maximum absolute atomic E-state index is 13.4. The van der Waals surface area contributed by atoms with Gasteiger partial charge >= 0.3 is 0 Å². The average Bonchev–Trinajstić information content (AvgIpc) is 2.60. The van der Waals surface area contributed by atoms with Gasteiger partial charge in [0, 0.05) is 17.1 Å². The summed E-state index contributed by atoms with van der Waals surface area (Å²) >= 11 is 5.60. The zero-order valence-corrected chi connectivity index (χ0v) is 16.1. The van der Waals surface area contributed by atoms with Crippen LogP contribution in [0, 0.1) is 10.7 Å². The fourth-order valence-electron chi connectivity index (χ4n) is 4.04. The fourth-order valence-corrected chi connectivity index (χ4v) is 4.15. The molecule has 4 rings (SSSR count). The number of carbonyl (C=O) groups excluding carboxylic acids is 2. The molecule has 3 aliphatic carbocycles. The third kappa shape index (κ3) is 4.25. The van der Waals surface area contributed by atoms with E-state index in [0.717, 1.165) is 6.07 Å².